The van der Waals surface area contributed by atoms with Crippen molar-refractivity contribution in [2.75, 3.05) is 13.2 Å². The number of halogens is 1. The first-order valence-corrected chi connectivity index (χ1v) is 6.35. The van der Waals surface area contributed by atoms with E-state index in [-0.39, 0.29) is 11.7 Å². The Morgan fingerprint density at radius 3 is 2.53 bits per heavy atom. The molecular formula is C14H20FNO3. The summed E-state index contributed by atoms with van der Waals surface area (Å²) in [7, 11) is 0. The van der Waals surface area contributed by atoms with Crippen LogP contribution in [0.4, 0.5) is 4.39 Å². The zero-order valence-electron chi connectivity index (χ0n) is 11.2. The largest absolute Gasteiger partial charge is 0.494 e. The Labute approximate surface area is 112 Å². The minimum Gasteiger partial charge on any atom is -0.494 e. The third-order valence-electron chi connectivity index (χ3n) is 2.70. The number of aliphatic carboxylic acids is 1. The van der Waals surface area contributed by atoms with Gasteiger partial charge in [0.1, 0.15) is 17.6 Å². The number of rotatable bonds is 8. The van der Waals surface area contributed by atoms with Crippen LogP contribution in [-0.2, 0) is 4.79 Å². The number of carbonyl (C=O) groups is 1. The van der Waals surface area contributed by atoms with Crippen LogP contribution in [-0.4, -0.2) is 30.3 Å². The highest BCUT2D eigenvalue weighted by atomic mass is 19.1. The Morgan fingerprint density at radius 1 is 1.37 bits per heavy atom. The predicted octanol–water partition coefficient (Wildman–Crippen LogP) is 2.29. The summed E-state index contributed by atoms with van der Waals surface area (Å²) in [6.45, 7) is 4.75. The van der Waals surface area contributed by atoms with Crippen molar-refractivity contribution in [2.24, 2.45) is 5.92 Å². The Kier molecular flexibility index (Phi) is 6.29. The van der Waals surface area contributed by atoms with Crippen LogP contribution in [0.1, 0.15) is 20.3 Å². The summed E-state index contributed by atoms with van der Waals surface area (Å²) in [5, 5.41) is 11.9. The number of nitrogens with one attached hydrogen (secondary N) is 1. The zero-order chi connectivity index (χ0) is 14.3. The van der Waals surface area contributed by atoms with Gasteiger partial charge in [0, 0.05) is 0 Å². The second-order valence-electron chi connectivity index (χ2n) is 4.67. The molecule has 0 saturated carbocycles. The molecule has 0 aliphatic heterocycles. The van der Waals surface area contributed by atoms with E-state index in [0.29, 0.717) is 25.3 Å². The van der Waals surface area contributed by atoms with Gasteiger partial charge in [0.05, 0.1) is 6.61 Å². The molecule has 0 bridgehead atoms. The fraction of sp³-hybridized carbons (Fsp3) is 0.500. The molecule has 1 atom stereocenters. The molecule has 4 nitrogen and oxygen atoms in total. The Morgan fingerprint density at radius 2 is 2.00 bits per heavy atom. The lowest BCUT2D eigenvalue weighted by molar-refractivity contribution is -0.140. The summed E-state index contributed by atoms with van der Waals surface area (Å²) < 4.78 is 18.1. The van der Waals surface area contributed by atoms with Gasteiger partial charge in [0.25, 0.3) is 0 Å². The summed E-state index contributed by atoms with van der Waals surface area (Å²) in [6, 6.07) is 5.28. The number of benzene rings is 1. The molecule has 1 unspecified atom stereocenters. The van der Waals surface area contributed by atoms with Crippen molar-refractivity contribution in [1.29, 1.82) is 0 Å². The molecule has 0 spiro atoms. The lowest BCUT2D eigenvalue weighted by Crippen LogP contribution is -2.41. The summed E-state index contributed by atoms with van der Waals surface area (Å²) in [6.07, 6.45) is 0.688. The average Bonchev–Trinajstić information content (AvgIpc) is 2.34. The van der Waals surface area contributed by atoms with Crippen molar-refractivity contribution in [3.8, 4) is 5.75 Å². The third-order valence-corrected chi connectivity index (χ3v) is 2.70. The molecule has 106 valence electrons. The average molecular weight is 269 g/mol. The number of ether oxygens (including phenoxy) is 1. The van der Waals surface area contributed by atoms with E-state index < -0.39 is 12.0 Å². The van der Waals surface area contributed by atoms with Gasteiger partial charge in [0.15, 0.2) is 0 Å². The van der Waals surface area contributed by atoms with Gasteiger partial charge in [-0.2, -0.15) is 0 Å². The van der Waals surface area contributed by atoms with Crippen LogP contribution >= 0.6 is 0 Å². The molecular weight excluding hydrogens is 249 g/mol. The van der Waals surface area contributed by atoms with Crippen molar-refractivity contribution in [3.63, 3.8) is 0 Å². The second kappa shape index (κ2) is 7.74. The smallest absolute Gasteiger partial charge is 0.320 e. The van der Waals surface area contributed by atoms with Crippen molar-refractivity contribution in [1.82, 2.24) is 5.32 Å². The lowest BCUT2D eigenvalue weighted by atomic mass is 10.0. The van der Waals surface area contributed by atoms with Gasteiger partial charge in [0.2, 0.25) is 0 Å². The fourth-order valence-corrected chi connectivity index (χ4v) is 1.66. The zero-order valence-corrected chi connectivity index (χ0v) is 11.2. The van der Waals surface area contributed by atoms with Crippen LogP contribution in [0.3, 0.4) is 0 Å². The van der Waals surface area contributed by atoms with Gasteiger partial charge < -0.3 is 15.2 Å². The maximum absolute atomic E-state index is 12.6. The van der Waals surface area contributed by atoms with Crippen LogP contribution in [0.2, 0.25) is 0 Å². The van der Waals surface area contributed by atoms with Crippen molar-refractivity contribution in [3.05, 3.63) is 30.1 Å². The summed E-state index contributed by atoms with van der Waals surface area (Å²) in [5.41, 5.74) is 0. The SMILES string of the molecule is CC(C)C(NCCCOc1ccc(F)cc1)C(=O)O. The molecule has 1 aromatic carbocycles. The minimum absolute atomic E-state index is 0.0375. The van der Waals surface area contributed by atoms with Gasteiger partial charge in [-0.3, -0.25) is 4.79 Å². The summed E-state index contributed by atoms with van der Waals surface area (Å²) >= 11 is 0. The molecule has 0 fully saturated rings. The Balaban J connectivity index is 2.20. The molecule has 1 aromatic rings. The van der Waals surface area contributed by atoms with E-state index >= 15 is 0 Å². The summed E-state index contributed by atoms with van der Waals surface area (Å²) in [4.78, 5) is 10.9. The van der Waals surface area contributed by atoms with Crippen molar-refractivity contribution in [2.45, 2.75) is 26.3 Å². The molecule has 0 aromatic heterocycles. The van der Waals surface area contributed by atoms with E-state index in [2.05, 4.69) is 5.32 Å². The van der Waals surface area contributed by atoms with Gasteiger partial charge in [-0.25, -0.2) is 4.39 Å². The van der Waals surface area contributed by atoms with Crippen molar-refractivity contribution < 1.29 is 19.0 Å². The van der Waals surface area contributed by atoms with Gasteiger partial charge in [-0.1, -0.05) is 13.8 Å². The van der Waals surface area contributed by atoms with Crippen molar-refractivity contribution >= 4 is 5.97 Å². The normalized spacial score (nSPS) is 12.4. The van der Waals surface area contributed by atoms with E-state index in [1.165, 1.54) is 12.1 Å². The number of carboxylic acid groups (broad SMARTS) is 1. The van der Waals surface area contributed by atoms with Crippen LogP contribution in [0.5, 0.6) is 5.75 Å². The molecule has 0 amide bonds. The highest BCUT2D eigenvalue weighted by Crippen LogP contribution is 2.11. The van der Waals surface area contributed by atoms with E-state index in [1.807, 2.05) is 13.8 Å². The van der Waals surface area contributed by atoms with Gasteiger partial charge >= 0.3 is 5.97 Å². The first kappa shape index (κ1) is 15.4. The molecule has 5 heteroatoms. The first-order valence-electron chi connectivity index (χ1n) is 6.35. The quantitative estimate of drug-likeness (QED) is 0.711. The maximum Gasteiger partial charge on any atom is 0.320 e. The maximum atomic E-state index is 12.6. The predicted molar refractivity (Wildman–Crippen MR) is 70.8 cm³/mol. The molecule has 0 aliphatic rings. The monoisotopic (exact) mass is 269 g/mol. The summed E-state index contributed by atoms with van der Waals surface area (Å²) in [5.74, 6) is -0.486. The number of hydrogen-bond donors (Lipinski definition) is 2. The molecule has 2 N–H and O–H groups in total. The standard InChI is InChI=1S/C14H20FNO3/c1-10(2)13(14(17)18)16-8-3-9-19-12-6-4-11(15)5-7-12/h4-7,10,13,16H,3,8-9H2,1-2H3,(H,17,18). The number of carboxylic acids is 1. The lowest BCUT2D eigenvalue weighted by Gasteiger charge is -2.17. The second-order valence-corrected chi connectivity index (χ2v) is 4.67. The molecule has 0 saturated heterocycles. The fourth-order valence-electron chi connectivity index (χ4n) is 1.66. The van der Waals surface area contributed by atoms with Crippen LogP contribution in [0.25, 0.3) is 0 Å². The van der Waals surface area contributed by atoms with E-state index in [4.69, 9.17) is 9.84 Å². The van der Waals surface area contributed by atoms with Gasteiger partial charge in [-0.15, -0.1) is 0 Å². The minimum atomic E-state index is -0.838. The highest BCUT2D eigenvalue weighted by molar-refractivity contribution is 5.73. The molecule has 19 heavy (non-hydrogen) atoms. The number of hydrogen-bond acceptors (Lipinski definition) is 3. The molecule has 0 radical (unpaired) electrons. The highest BCUT2D eigenvalue weighted by Gasteiger charge is 2.19. The van der Waals surface area contributed by atoms with Gasteiger partial charge in [-0.05, 0) is 43.1 Å². The van der Waals surface area contributed by atoms with Crippen LogP contribution in [0.15, 0.2) is 24.3 Å². The Hall–Kier alpha value is -1.62. The Bertz CT molecular complexity index is 392. The van der Waals surface area contributed by atoms with Crippen LogP contribution < -0.4 is 10.1 Å². The van der Waals surface area contributed by atoms with E-state index in [1.54, 1.807) is 12.1 Å². The van der Waals surface area contributed by atoms with E-state index in [9.17, 15) is 9.18 Å². The van der Waals surface area contributed by atoms with E-state index in [0.717, 1.165) is 0 Å². The topological polar surface area (TPSA) is 58.6 Å². The first-order chi connectivity index (χ1) is 9.00. The molecule has 1 rings (SSSR count). The molecule has 0 aliphatic carbocycles. The van der Waals surface area contributed by atoms with Crippen LogP contribution in [0, 0.1) is 11.7 Å². The third kappa shape index (κ3) is 5.70. The molecule has 0 heterocycles.